The van der Waals surface area contributed by atoms with Gasteiger partial charge in [-0.15, -0.1) is 0 Å². The van der Waals surface area contributed by atoms with Crippen molar-refractivity contribution in [2.24, 2.45) is 7.05 Å². The van der Waals surface area contributed by atoms with E-state index in [1.54, 1.807) is 0 Å². The van der Waals surface area contributed by atoms with Gasteiger partial charge in [0, 0.05) is 37.4 Å². The number of rotatable bonds is 4. The van der Waals surface area contributed by atoms with E-state index in [9.17, 15) is 0 Å². The van der Waals surface area contributed by atoms with E-state index in [2.05, 4.69) is 28.4 Å². The Morgan fingerprint density at radius 1 is 1.37 bits per heavy atom. The predicted octanol–water partition coefficient (Wildman–Crippen LogP) is 1.70. The smallest absolute Gasteiger partial charge is 0.0666 e. The van der Waals surface area contributed by atoms with E-state index in [0.717, 1.165) is 19.0 Å². The molecule has 0 saturated carbocycles. The van der Waals surface area contributed by atoms with E-state index >= 15 is 0 Å². The van der Waals surface area contributed by atoms with Crippen molar-refractivity contribution in [3.8, 4) is 0 Å². The van der Waals surface area contributed by atoms with Gasteiger partial charge in [0.25, 0.3) is 0 Å². The Labute approximate surface area is 116 Å². The summed E-state index contributed by atoms with van der Waals surface area (Å²) in [5.41, 5.74) is 2.62. The third-order valence-corrected chi connectivity index (χ3v) is 4.73. The molecule has 0 spiro atoms. The quantitative estimate of drug-likeness (QED) is 0.896. The zero-order valence-electron chi connectivity index (χ0n) is 12.2. The van der Waals surface area contributed by atoms with Crippen LogP contribution in [0.1, 0.15) is 43.9 Å². The molecule has 2 aliphatic rings. The maximum Gasteiger partial charge on any atom is 0.0666 e. The van der Waals surface area contributed by atoms with Gasteiger partial charge in [-0.05, 0) is 45.2 Å². The molecule has 19 heavy (non-hydrogen) atoms. The Morgan fingerprint density at radius 2 is 2.26 bits per heavy atom. The van der Waals surface area contributed by atoms with Crippen LogP contribution in [0.25, 0.3) is 0 Å². The molecule has 1 aromatic heterocycles. The minimum atomic E-state index is 0.698. The SMILES string of the molecule is CCc1nn(C)cc1CNC1CCN2CCCC2C1. The first-order valence-corrected chi connectivity index (χ1v) is 7.75. The van der Waals surface area contributed by atoms with Crippen molar-refractivity contribution in [1.82, 2.24) is 20.0 Å². The van der Waals surface area contributed by atoms with Crippen LogP contribution in [0.4, 0.5) is 0 Å². The van der Waals surface area contributed by atoms with Gasteiger partial charge in [-0.3, -0.25) is 4.68 Å². The molecule has 2 unspecified atom stereocenters. The second-order valence-corrected chi connectivity index (χ2v) is 6.06. The van der Waals surface area contributed by atoms with Crippen LogP contribution in [0.15, 0.2) is 6.20 Å². The molecule has 2 saturated heterocycles. The number of nitrogens with zero attached hydrogens (tertiary/aromatic N) is 3. The van der Waals surface area contributed by atoms with E-state index in [-0.39, 0.29) is 0 Å². The van der Waals surface area contributed by atoms with Gasteiger partial charge in [-0.2, -0.15) is 5.10 Å². The number of fused-ring (bicyclic) bond motifs is 1. The van der Waals surface area contributed by atoms with Crippen molar-refractivity contribution >= 4 is 0 Å². The van der Waals surface area contributed by atoms with Gasteiger partial charge in [0.2, 0.25) is 0 Å². The fourth-order valence-corrected chi connectivity index (χ4v) is 3.69. The van der Waals surface area contributed by atoms with Crippen LogP contribution in [-0.4, -0.2) is 39.9 Å². The molecule has 4 heteroatoms. The van der Waals surface area contributed by atoms with Gasteiger partial charge >= 0.3 is 0 Å². The zero-order chi connectivity index (χ0) is 13.2. The summed E-state index contributed by atoms with van der Waals surface area (Å²) in [5.74, 6) is 0. The summed E-state index contributed by atoms with van der Waals surface area (Å²) >= 11 is 0. The largest absolute Gasteiger partial charge is 0.310 e. The van der Waals surface area contributed by atoms with Gasteiger partial charge in [0.05, 0.1) is 5.69 Å². The van der Waals surface area contributed by atoms with E-state index in [0.29, 0.717) is 6.04 Å². The number of hydrogen-bond donors (Lipinski definition) is 1. The predicted molar refractivity (Wildman–Crippen MR) is 77.0 cm³/mol. The number of piperidine rings is 1. The summed E-state index contributed by atoms with van der Waals surface area (Å²) < 4.78 is 1.94. The van der Waals surface area contributed by atoms with Crippen molar-refractivity contribution in [2.75, 3.05) is 13.1 Å². The van der Waals surface area contributed by atoms with Crippen molar-refractivity contribution in [2.45, 2.75) is 57.7 Å². The highest BCUT2D eigenvalue weighted by molar-refractivity contribution is 5.16. The highest BCUT2D eigenvalue weighted by Gasteiger charge is 2.31. The van der Waals surface area contributed by atoms with Gasteiger partial charge in [0.1, 0.15) is 0 Å². The summed E-state index contributed by atoms with van der Waals surface area (Å²) in [6.07, 6.45) is 8.64. The van der Waals surface area contributed by atoms with Crippen LogP contribution in [0.3, 0.4) is 0 Å². The third-order valence-electron chi connectivity index (χ3n) is 4.73. The normalized spacial score (nSPS) is 27.7. The minimum absolute atomic E-state index is 0.698. The van der Waals surface area contributed by atoms with E-state index in [4.69, 9.17) is 0 Å². The van der Waals surface area contributed by atoms with Gasteiger partial charge in [-0.25, -0.2) is 0 Å². The first kappa shape index (κ1) is 13.1. The Hall–Kier alpha value is -0.870. The summed E-state index contributed by atoms with van der Waals surface area (Å²) in [7, 11) is 2.01. The first-order chi connectivity index (χ1) is 9.26. The van der Waals surface area contributed by atoms with Crippen LogP contribution < -0.4 is 5.32 Å². The molecule has 4 nitrogen and oxygen atoms in total. The monoisotopic (exact) mass is 262 g/mol. The molecule has 2 fully saturated rings. The standard InChI is InChI=1S/C15H26N4/c1-3-15-12(11-18(2)17-15)10-16-13-6-8-19-7-4-5-14(19)9-13/h11,13-14,16H,3-10H2,1-2H3. The van der Waals surface area contributed by atoms with Gasteiger partial charge < -0.3 is 10.2 Å². The molecule has 1 N–H and O–H groups in total. The van der Waals surface area contributed by atoms with Crippen molar-refractivity contribution in [1.29, 1.82) is 0 Å². The van der Waals surface area contributed by atoms with Gasteiger partial charge in [-0.1, -0.05) is 6.92 Å². The van der Waals surface area contributed by atoms with Crippen LogP contribution in [0.2, 0.25) is 0 Å². The van der Waals surface area contributed by atoms with Crippen molar-refractivity contribution in [3.05, 3.63) is 17.5 Å². The lowest BCUT2D eigenvalue weighted by atomic mass is 9.97. The third kappa shape index (κ3) is 2.84. The highest BCUT2D eigenvalue weighted by atomic mass is 15.3. The lowest BCUT2D eigenvalue weighted by Gasteiger charge is -2.35. The number of nitrogens with one attached hydrogen (secondary N) is 1. The van der Waals surface area contributed by atoms with E-state index in [1.807, 2.05) is 11.7 Å². The molecule has 0 radical (unpaired) electrons. The Kier molecular flexibility index (Phi) is 3.89. The number of aromatic nitrogens is 2. The van der Waals surface area contributed by atoms with Crippen molar-refractivity contribution < 1.29 is 0 Å². The zero-order valence-corrected chi connectivity index (χ0v) is 12.2. The average molecular weight is 262 g/mol. The molecule has 0 aliphatic carbocycles. The summed E-state index contributed by atoms with van der Waals surface area (Å²) in [4.78, 5) is 2.68. The molecule has 1 aromatic rings. The Balaban J connectivity index is 1.54. The Bertz CT molecular complexity index is 426. The summed E-state index contributed by atoms with van der Waals surface area (Å²) in [6.45, 7) is 5.78. The molecule has 0 aromatic carbocycles. The molecule has 3 rings (SSSR count). The fraction of sp³-hybridized carbons (Fsp3) is 0.800. The second kappa shape index (κ2) is 5.63. The van der Waals surface area contributed by atoms with E-state index < -0.39 is 0 Å². The molecule has 2 aliphatic heterocycles. The van der Waals surface area contributed by atoms with Crippen LogP contribution >= 0.6 is 0 Å². The molecular weight excluding hydrogens is 236 g/mol. The summed E-state index contributed by atoms with van der Waals surface area (Å²) in [6, 6.07) is 1.55. The maximum absolute atomic E-state index is 4.51. The van der Waals surface area contributed by atoms with E-state index in [1.165, 1.54) is 50.0 Å². The number of hydrogen-bond acceptors (Lipinski definition) is 3. The maximum atomic E-state index is 4.51. The summed E-state index contributed by atoms with van der Waals surface area (Å²) in [5, 5.41) is 8.27. The molecule has 0 bridgehead atoms. The first-order valence-electron chi connectivity index (χ1n) is 7.75. The molecule has 106 valence electrons. The topological polar surface area (TPSA) is 33.1 Å². The number of aryl methyl sites for hydroxylation is 2. The fourth-order valence-electron chi connectivity index (χ4n) is 3.69. The molecular formula is C15H26N4. The Morgan fingerprint density at radius 3 is 3.11 bits per heavy atom. The highest BCUT2D eigenvalue weighted by Crippen LogP contribution is 2.27. The minimum Gasteiger partial charge on any atom is -0.310 e. The van der Waals surface area contributed by atoms with Crippen molar-refractivity contribution in [3.63, 3.8) is 0 Å². The van der Waals surface area contributed by atoms with Gasteiger partial charge in [0.15, 0.2) is 0 Å². The molecule has 0 amide bonds. The lowest BCUT2D eigenvalue weighted by Crippen LogP contribution is -2.45. The molecule has 2 atom stereocenters. The van der Waals surface area contributed by atoms with Crippen LogP contribution in [0.5, 0.6) is 0 Å². The second-order valence-electron chi connectivity index (χ2n) is 6.06. The van der Waals surface area contributed by atoms with Crippen LogP contribution in [0, 0.1) is 0 Å². The molecule has 3 heterocycles. The van der Waals surface area contributed by atoms with Crippen LogP contribution in [-0.2, 0) is 20.0 Å². The average Bonchev–Trinajstić information content (AvgIpc) is 3.01. The lowest BCUT2D eigenvalue weighted by molar-refractivity contribution is 0.166.